The number of rotatable bonds is 7. The van der Waals surface area contributed by atoms with Gasteiger partial charge in [0.25, 0.3) is 11.6 Å². The van der Waals surface area contributed by atoms with Gasteiger partial charge in [-0.1, -0.05) is 12.1 Å². The van der Waals surface area contributed by atoms with Crippen LogP contribution in [0, 0.1) is 10.1 Å². The van der Waals surface area contributed by atoms with Crippen LogP contribution in [-0.4, -0.2) is 51.4 Å². The molecule has 10 nitrogen and oxygen atoms in total. The summed E-state index contributed by atoms with van der Waals surface area (Å²) in [5.41, 5.74) is 1.17. The Kier molecular flexibility index (Phi) is 7.09. The average Bonchev–Trinajstić information content (AvgIpc) is 3.31. The van der Waals surface area contributed by atoms with Crippen molar-refractivity contribution < 1.29 is 19.2 Å². The van der Waals surface area contributed by atoms with Gasteiger partial charge in [0.15, 0.2) is 0 Å². The number of hydrogen-bond donors (Lipinski definition) is 1. The number of hydrogen-bond acceptors (Lipinski definition) is 6. The summed E-state index contributed by atoms with van der Waals surface area (Å²) >= 11 is 0. The minimum Gasteiger partial charge on any atom is -0.497 e. The monoisotopic (exact) mass is 477 g/mol. The number of amides is 2. The molecule has 1 saturated heterocycles. The van der Waals surface area contributed by atoms with Crippen molar-refractivity contribution in [3.05, 3.63) is 81.9 Å². The maximum Gasteiger partial charge on any atom is 0.282 e. The lowest BCUT2D eigenvalue weighted by molar-refractivity contribution is -0.385. The van der Waals surface area contributed by atoms with Gasteiger partial charge in [0.05, 0.1) is 12.0 Å². The lowest BCUT2D eigenvalue weighted by Gasteiger charge is -2.32. The lowest BCUT2D eigenvalue weighted by Crippen LogP contribution is -2.38. The predicted molar refractivity (Wildman–Crippen MR) is 130 cm³/mol. The van der Waals surface area contributed by atoms with Crippen molar-refractivity contribution in [2.24, 2.45) is 0 Å². The SMILES string of the molecule is COc1ccc(Cn2ccnc2C2CCN(C(=O)c3cc(NC(C)=O)ccc3[N+](=O)[O-])CC2)cc1. The summed E-state index contributed by atoms with van der Waals surface area (Å²) in [7, 11) is 1.64. The van der Waals surface area contributed by atoms with E-state index in [-0.39, 0.29) is 23.1 Å². The first-order valence-electron chi connectivity index (χ1n) is 11.3. The van der Waals surface area contributed by atoms with Crippen LogP contribution in [-0.2, 0) is 11.3 Å². The molecule has 4 rings (SSSR count). The Labute approximate surface area is 202 Å². The van der Waals surface area contributed by atoms with E-state index in [1.807, 2.05) is 30.5 Å². The number of nitrogens with zero attached hydrogens (tertiary/aromatic N) is 4. The van der Waals surface area contributed by atoms with Gasteiger partial charge in [-0.2, -0.15) is 0 Å². The zero-order chi connectivity index (χ0) is 24.9. The molecule has 1 aliphatic heterocycles. The normalized spacial score (nSPS) is 13.9. The molecule has 0 bridgehead atoms. The van der Waals surface area contributed by atoms with Crippen LogP contribution in [0.1, 0.15) is 47.4 Å². The van der Waals surface area contributed by atoms with Crippen LogP contribution in [0.3, 0.4) is 0 Å². The van der Waals surface area contributed by atoms with Crippen molar-refractivity contribution in [1.29, 1.82) is 0 Å². The van der Waals surface area contributed by atoms with Crippen LogP contribution in [0.4, 0.5) is 11.4 Å². The van der Waals surface area contributed by atoms with E-state index in [1.165, 1.54) is 25.1 Å². The number of nitro benzene ring substituents is 1. The molecule has 0 saturated carbocycles. The van der Waals surface area contributed by atoms with E-state index in [1.54, 1.807) is 18.2 Å². The molecule has 182 valence electrons. The van der Waals surface area contributed by atoms with Gasteiger partial charge < -0.3 is 19.5 Å². The summed E-state index contributed by atoms with van der Waals surface area (Å²) in [5, 5.41) is 14.1. The van der Waals surface area contributed by atoms with Crippen molar-refractivity contribution in [2.45, 2.75) is 32.2 Å². The minimum absolute atomic E-state index is 0.0271. The second-order valence-corrected chi connectivity index (χ2v) is 8.50. The number of carbonyl (C=O) groups excluding carboxylic acids is 2. The zero-order valence-corrected chi connectivity index (χ0v) is 19.6. The van der Waals surface area contributed by atoms with Crippen LogP contribution >= 0.6 is 0 Å². The van der Waals surface area contributed by atoms with Gasteiger partial charge in [0.1, 0.15) is 17.1 Å². The van der Waals surface area contributed by atoms with Crippen LogP contribution in [0.25, 0.3) is 0 Å². The van der Waals surface area contributed by atoms with Crippen molar-refractivity contribution in [1.82, 2.24) is 14.5 Å². The maximum absolute atomic E-state index is 13.2. The summed E-state index contributed by atoms with van der Waals surface area (Å²) in [4.78, 5) is 41.7. The Morgan fingerprint density at radius 3 is 2.51 bits per heavy atom. The van der Waals surface area contributed by atoms with Crippen LogP contribution in [0.2, 0.25) is 0 Å². The third kappa shape index (κ3) is 5.48. The molecule has 10 heteroatoms. The van der Waals surface area contributed by atoms with Gasteiger partial charge in [-0.05, 0) is 42.7 Å². The van der Waals surface area contributed by atoms with E-state index in [9.17, 15) is 19.7 Å². The number of nitrogens with one attached hydrogen (secondary N) is 1. The van der Waals surface area contributed by atoms with Crippen molar-refractivity contribution in [2.75, 3.05) is 25.5 Å². The fourth-order valence-electron chi connectivity index (χ4n) is 4.40. The molecule has 0 aliphatic carbocycles. The Bertz CT molecular complexity index is 1230. The maximum atomic E-state index is 13.2. The molecule has 2 amide bonds. The number of anilines is 1. The van der Waals surface area contributed by atoms with E-state index < -0.39 is 10.8 Å². The Morgan fingerprint density at radius 2 is 1.89 bits per heavy atom. The second-order valence-electron chi connectivity index (χ2n) is 8.50. The third-order valence-corrected chi connectivity index (χ3v) is 6.15. The number of imidazole rings is 1. The standard InChI is InChI=1S/C25H27N5O5/c1-17(31)27-20-5-8-23(30(33)34)22(15-20)25(32)28-12-9-19(10-13-28)24-26-11-14-29(24)16-18-3-6-21(35-2)7-4-18/h3-8,11,14-15,19H,9-10,12-13,16H2,1-2H3,(H,27,31). The number of nitro groups is 1. The summed E-state index contributed by atoms with van der Waals surface area (Å²) < 4.78 is 7.34. The zero-order valence-electron chi connectivity index (χ0n) is 19.6. The number of likely N-dealkylation sites (tertiary alicyclic amines) is 1. The van der Waals surface area contributed by atoms with Crippen molar-refractivity contribution >= 4 is 23.2 Å². The van der Waals surface area contributed by atoms with Gasteiger partial charge in [0.2, 0.25) is 5.91 Å². The number of methoxy groups -OCH3 is 1. The molecular formula is C25H27N5O5. The number of ether oxygens (including phenoxy) is 1. The van der Waals surface area contributed by atoms with Gasteiger partial charge in [-0.3, -0.25) is 19.7 Å². The molecule has 1 N–H and O–H groups in total. The highest BCUT2D eigenvalue weighted by Gasteiger charge is 2.30. The lowest BCUT2D eigenvalue weighted by atomic mass is 9.95. The molecule has 35 heavy (non-hydrogen) atoms. The molecule has 1 fully saturated rings. The van der Waals surface area contributed by atoms with Crippen LogP contribution in [0.15, 0.2) is 54.9 Å². The molecule has 0 spiro atoms. The predicted octanol–water partition coefficient (Wildman–Crippen LogP) is 3.83. The van der Waals surface area contributed by atoms with Gasteiger partial charge in [-0.15, -0.1) is 0 Å². The Morgan fingerprint density at radius 1 is 1.17 bits per heavy atom. The first-order chi connectivity index (χ1) is 16.9. The van der Waals surface area contributed by atoms with E-state index in [4.69, 9.17) is 4.74 Å². The fraction of sp³-hybridized carbons (Fsp3) is 0.320. The smallest absolute Gasteiger partial charge is 0.282 e. The molecular weight excluding hydrogens is 450 g/mol. The molecule has 0 atom stereocenters. The fourth-order valence-corrected chi connectivity index (χ4v) is 4.40. The first-order valence-corrected chi connectivity index (χ1v) is 11.3. The van der Waals surface area contributed by atoms with Gasteiger partial charge in [-0.25, -0.2) is 4.98 Å². The largest absolute Gasteiger partial charge is 0.497 e. The third-order valence-electron chi connectivity index (χ3n) is 6.15. The topological polar surface area (TPSA) is 120 Å². The second kappa shape index (κ2) is 10.4. The Hall–Kier alpha value is -4.21. The molecule has 1 aromatic heterocycles. The van der Waals surface area contributed by atoms with E-state index in [0.717, 1.165) is 17.1 Å². The summed E-state index contributed by atoms with van der Waals surface area (Å²) in [6, 6.07) is 11.9. The number of aromatic nitrogens is 2. The van der Waals surface area contributed by atoms with Gasteiger partial charge in [0, 0.05) is 56.6 Å². The highest BCUT2D eigenvalue weighted by molar-refractivity contribution is 6.00. The average molecular weight is 478 g/mol. The summed E-state index contributed by atoms with van der Waals surface area (Å²) in [6.07, 6.45) is 5.14. The molecule has 2 heterocycles. The van der Waals surface area contributed by atoms with Crippen molar-refractivity contribution in [3.63, 3.8) is 0 Å². The molecule has 0 radical (unpaired) electrons. The number of benzene rings is 2. The first kappa shape index (κ1) is 23.9. The molecule has 0 unspecified atom stereocenters. The van der Waals surface area contributed by atoms with Crippen molar-refractivity contribution in [3.8, 4) is 5.75 Å². The van der Waals surface area contributed by atoms with E-state index >= 15 is 0 Å². The van der Waals surface area contributed by atoms with Crippen LogP contribution in [0.5, 0.6) is 5.75 Å². The quantitative estimate of drug-likeness (QED) is 0.408. The number of piperidine rings is 1. The van der Waals surface area contributed by atoms with Gasteiger partial charge >= 0.3 is 0 Å². The Balaban J connectivity index is 1.45. The summed E-state index contributed by atoms with van der Waals surface area (Å²) in [5.74, 6) is 1.21. The molecule has 2 aromatic carbocycles. The highest BCUT2D eigenvalue weighted by atomic mass is 16.6. The summed E-state index contributed by atoms with van der Waals surface area (Å²) in [6.45, 7) is 2.94. The number of carbonyl (C=O) groups is 2. The minimum atomic E-state index is -0.576. The van der Waals surface area contributed by atoms with E-state index in [2.05, 4.69) is 14.9 Å². The highest BCUT2D eigenvalue weighted by Crippen LogP contribution is 2.30. The van der Waals surface area contributed by atoms with Crippen LogP contribution < -0.4 is 10.1 Å². The molecule has 1 aliphatic rings. The molecule has 3 aromatic rings. The van der Waals surface area contributed by atoms with E-state index in [0.29, 0.717) is 38.2 Å².